The lowest BCUT2D eigenvalue weighted by molar-refractivity contribution is 0.0935. The van der Waals surface area contributed by atoms with Crippen LogP contribution in [0.15, 0.2) is 30.3 Å². The number of hydrogen-bond acceptors (Lipinski definition) is 4. The van der Waals surface area contributed by atoms with Crippen LogP contribution in [-0.2, 0) is 0 Å². The zero-order valence-corrected chi connectivity index (χ0v) is 15.8. The van der Waals surface area contributed by atoms with E-state index < -0.39 is 5.91 Å². The number of nitrogens with zero attached hydrogens (tertiary/aromatic N) is 1. The highest BCUT2D eigenvalue weighted by Crippen LogP contribution is 2.31. The summed E-state index contributed by atoms with van der Waals surface area (Å²) in [5.74, 6) is 0.917. The summed E-state index contributed by atoms with van der Waals surface area (Å²) in [7, 11) is 0. The third-order valence-corrected chi connectivity index (χ3v) is 3.96. The van der Waals surface area contributed by atoms with E-state index >= 15 is 0 Å². The first-order valence-electron chi connectivity index (χ1n) is 7.98. The van der Waals surface area contributed by atoms with Crippen molar-refractivity contribution < 1.29 is 14.3 Å². The molecule has 2 rings (SSSR count). The van der Waals surface area contributed by atoms with Crippen molar-refractivity contribution in [3.05, 3.63) is 51.8 Å². The molecule has 0 spiro atoms. The van der Waals surface area contributed by atoms with E-state index in [0.717, 1.165) is 5.56 Å². The van der Waals surface area contributed by atoms with Crippen LogP contribution in [0, 0.1) is 0 Å². The number of nitrogens with one attached hydrogen (secondary N) is 1. The van der Waals surface area contributed by atoms with Crippen molar-refractivity contribution in [1.82, 2.24) is 10.3 Å². The number of rotatable bonds is 7. The predicted molar refractivity (Wildman–Crippen MR) is 98.9 cm³/mol. The van der Waals surface area contributed by atoms with E-state index in [0.29, 0.717) is 24.7 Å². The Hall–Kier alpha value is -1.98. The van der Waals surface area contributed by atoms with Crippen molar-refractivity contribution in [2.75, 3.05) is 13.2 Å². The van der Waals surface area contributed by atoms with Crippen LogP contribution in [-0.4, -0.2) is 24.1 Å². The molecule has 2 aromatic rings. The zero-order chi connectivity index (χ0) is 18.4. The molecule has 0 saturated heterocycles. The first-order chi connectivity index (χ1) is 12.0. The molecule has 0 bridgehead atoms. The van der Waals surface area contributed by atoms with Gasteiger partial charge in [0.25, 0.3) is 5.91 Å². The molecule has 5 nitrogen and oxygen atoms in total. The summed E-state index contributed by atoms with van der Waals surface area (Å²) in [4.78, 5) is 16.4. The second-order valence-electron chi connectivity index (χ2n) is 5.23. The fourth-order valence-electron chi connectivity index (χ4n) is 2.26. The van der Waals surface area contributed by atoms with Gasteiger partial charge < -0.3 is 14.8 Å². The number of pyridine rings is 1. The molecule has 1 N–H and O–H groups in total. The Morgan fingerprint density at radius 3 is 2.48 bits per heavy atom. The molecule has 1 heterocycles. The molecule has 0 aliphatic rings. The van der Waals surface area contributed by atoms with Gasteiger partial charge >= 0.3 is 0 Å². The summed E-state index contributed by atoms with van der Waals surface area (Å²) in [6.07, 6.45) is 0. The molecule has 0 aliphatic heterocycles. The molecule has 0 fully saturated rings. The lowest BCUT2D eigenvalue weighted by Gasteiger charge is -2.17. The second-order valence-corrected chi connectivity index (χ2v) is 6.03. The quantitative estimate of drug-likeness (QED) is 0.706. The molecular weight excluding hydrogens is 363 g/mol. The van der Waals surface area contributed by atoms with Crippen molar-refractivity contribution in [3.63, 3.8) is 0 Å². The summed E-state index contributed by atoms with van der Waals surface area (Å²) in [6, 6.07) is 8.36. The SMILES string of the molecule is CCOc1ccc(C(C)NC(=O)c2nc(Cl)ccc2Cl)cc1OCC. The Labute approximate surface area is 157 Å². The van der Waals surface area contributed by atoms with Crippen molar-refractivity contribution in [1.29, 1.82) is 0 Å². The van der Waals surface area contributed by atoms with E-state index in [2.05, 4.69) is 10.3 Å². The van der Waals surface area contributed by atoms with Crippen molar-refractivity contribution in [2.24, 2.45) is 0 Å². The molecule has 1 amide bonds. The topological polar surface area (TPSA) is 60.5 Å². The van der Waals surface area contributed by atoms with Gasteiger partial charge in [0, 0.05) is 0 Å². The lowest BCUT2D eigenvalue weighted by Crippen LogP contribution is -2.27. The van der Waals surface area contributed by atoms with Crippen LogP contribution in [0.5, 0.6) is 11.5 Å². The van der Waals surface area contributed by atoms with E-state index in [1.54, 1.807) is 6.07 Å². The molecule has 0 aliphatic carbocycles. The normalized spacial score (nSPS) is 11.7. The van der Waals surface area contributed by atoms with E-state index in [1.807, 2.05) is 39.0 Å². The van der Waals surface area contributed by atoms with Crippen LogP contribution in [0.1, 0.15) is 42.9 Å². The lowest BCUT2D eigenvalue weighted by atomic mass is 10.1. The van der Waals surface area contributed by atoms with Crippen molar-refractivity contribution in [3.8, 4) is 11.5 Å². The predicted octanol–water partition coefficient (Wildman–Crippen LogP) is 4.68. The van der Waals surface area contributed by atoms with Gasteiger partial charge in [-0.2, -0.15) is 0 Å². The van der Waals surface area contributed by atoms with Crippen LogP contribution in [0.3, 0.4) is 0 Å². The smallest absolute Gasteiger partial charge is 0.271 e. The highest BCUT2D eigenvalue weighted by atomic mass is 35.5. The minimum absolute atomic E-state index is 0.0944. The average molecular weight is 383 g/mol. The standard InChI is InChI=1S/C18H20Cl2N2O3/c1-4-24-14-8-6-12(10-15(14)25-5-2)11(3)21-18(23)17-13(19)7-9-16(20)22-17/h6-11H,4-5H2,1-3H3,(H,21,23). The molecule has 134 valence electrons. The molecule has 0 radical (unpaired) electrons. The summed E-state index contributed by atoms with van der Waals surface area (Å²) >= 11 is 11.9. The zero-order valence-electron chi connectivity index (χ0n) is 14.3. The Balaban J connectivity index is 2.19. The molecule has 25 heavy (non-hydrogen) atoms. The minimum atomic E-state index is -0.396. The minimum Gasteiger partial charge on any atom is -0.490 e. The van der Waals surface area contributed by atoms with E-state index in [-0.39, 0.29) is 21.9 Å². The van der Waals surface area contributed by atoms with Crippen LogP contribution in [0.2, 0.25) is 10.2 Å². The van der Waals surface area contributed by atoms with Gasteiger partial charge in [0.2, 0.25) is 0 Å². The Bertz CT molecular complexity index is 753. The molecule has 0 saturated carbocycles. The molecule has 1 unspecified atom stereocenters. The molecule has 7 heteroatoms. The van der Waals surface area contributed by atoms with E-state index in [4.69, 9.17) is 32.7 Å². The molecule has 1 aromatic carbocycles. The van der Waals surface area contributed by atoms with Gasteiger partial charge in [-0.05, 0) is 50.6 Å². The number of amides is 1. The Morgan fingerprint density at radius 2 is 1.80 bits per heavy atom. The maximum atomic E-state index is 12.4. The molecule has 1 aromatic heterocycles. The highest BCUT2D eigenvalue weighted by Gasteiger charge is 2.17. The van der Waals surface area contributed by atoms with Gasteiger partial charge in [-0.25, -0.2) is 4.98 Å². The van der Waals surface area contributed by atoms with Gasteiger partial charge in [0.15, 0.2) is 11.5 Å². The third-order valence-electron chi connectivity index (χ3n) is 3.44. The van der Waals surface area contributed by atoms with Crippen LogP contribution < -0.4 is 14.8 Å². The Morgan fingerprint density at radius 1 is 1.12 bits per heavy atom. The first kappa shape index (κ1) is 19.3. The van der Waals surface area contributed by atoms with Gasteiger partial charge in [-0.15, -0.1) is 0 Å². The van der Waals surface area contributed by atoms with Crippen molar-refractivity contribution >= 4 is 29.1 Å². The summed E-state index contributed by atoms with van der Waals surface area (Å²) in [6.45, 7) is 6.74. The largest absolute Gasteiger partial charge is 0.490 e. The molecule has 1 atom stereocenters. The summed E-state index contributed by atoms with van der Waals surface area (Å²) in [5.41, 5.74) is 0.968. The summed E-state index contributed by atoms with van der Waals surface area (Å²) in [5, 5.41) is 3.32. The fraction of sp³-hybridized carbons (Fsp3) is 0.333. The van der Waals surface area contributed by atoms with Crippen LogP contribution in [0.4, 0.5) is 0 Å². The number of halogens is 2. The second kappa shape index (κ2) is 8.92. The average Bonchev–Trinajstić information content (AvgIpc) is 2.58. The highest BCUT2D eigenvalue weighted by molar-refractivity contribution is 6.34. The van der Waals surface area contributed by atoms with Crippen LogP contribution in [0.25, 0.3) is 0 Å². The maximum absolute atomic E-state index is 12.4. The summed E-state index contributed by atoms with van der Waals surface area (Å²) < 4.78 is 11.2. The van der Waals surface area contributed by atoms with Crippen LogP contribution >= 0.6 is 23.2 Å². The number of aromatic nitrogens is 1. The molecular formula is C18H20Cl2N2O3. The number of hydrogen-bond donors (Lipinski definition) is 1. The first-order valence-corrected chi connectivity index (χ1v) is 8.74. The number of carbonyl (C=O) groups excluding carboxylic acids is 1. The fourth-order valence-corrected chi connectivity index (χ4v) is 2.60. The number of ether oxygens (including phenoxy) is 2. The van der Waals surface area contributed by atoms with Gasteiger partial charge in [-0.3, -0.25) is 4.79 Å². The number of carbonyl (C=O) groups is 1. The van der Waals surface area contributed by atoms with Crippen molar-refractivity contribution in [2.45, 2.75) is 26.8 Å². The van der Waals surface area contributed by atoms with Gasteiger partial charge in [0.05, 0.1) is 24.3 Å². The van der Waals surface area contributed by atoms with Gasteiger partial charge in [-0.1, -0.05) is 29.3 Å². The maximum Gasteiger partial charge on any atom is 0.271 e. The van der Waals surface area contributed by atoms with Gasteiger partial charge in [0.1, 0.15) is 10.8 Å². The Kier molecular flexibility index (Phi) is 6.91. The monoisotopic (exact) mass is 382 g/mol. The van der Waals surface area contributed by atoms with E-state index in [1.165, 1.54) is 6.07 Å². The van der Waals surface area contributed by atoms with E-state index in [9.17, 15) is 4.79 Å². The third kappa shape index (κ3) is 5.00. The number of benzene rings is 1.